The molecule has 1 atom stereocenters. The molecule has 2 amide bonds. The molecule has 0 aliphatic rings. The van der Waals surface area contributed by atoms with Crippen LogP contribution in [0.15, 0.2) is 99.5 Å². The molecule has 11 heteroatoms. The fourth-order valence-corrected chi connectivity index (χ4v) is 6.21. The van der Waals surface area contributed by atoms with Gasteiger partial charge in [-0.1, -0.05) is 59.7 Å². The number of benzene rings is 3. The summed E-state index contributed by atoms with van der Waals surface area (Å²) in [4.78, 5) is 41.2. The number of pyridine rings is 1. The summed E-state index contributed by atoms with van der Waals surface area (Å²) in [6.45, 7) is 11.6. The molecular weight excluding hydrogens is 676 g/mol. The summed E-state index contributed by atoms with van der Waals surface area (Å²) in [6, 6.07) is 24.6. The van der Waals surface area contributed by atoms with Crippen molar-refractivity contribution in [2.24, 2.45) is 0 Å². The number of aromatic nitrogens is 3. The van der Waals surface area contributed by atoms with Gasteiger partial charge in [0.25, 0.3) is 5.91 Å². The third-order valence-corrected chi connectivity index (χ3v) is 8.86. The monoisotopic (exact) mass is 712 g/mol. The highest BCUT2D eigenvalue weighted by molar-refractivity contribution is 9.10. The quantitative estimate of drug-likeness (QED) is 0.138. The third-order valence-electron chi connectivity index (χ3n) is 7.05. The number of hydrogen-bond acceptors (Lipinski definition) is 8. The van der Waals surface area contributed by atoms with Crippen LogP contribution < -0.4 is 16.0 Å². The van der Waals surface area contributed by atoms with Crippen molar-refractivity contribution >= 4 is 67.9 Å². The lowest BCUT2D eigenvalue weighted by Gasteiger charge is -2.19. The average Bonchev–Trinajstić information content (AvgIpc) is 3.01. The number of amides is 2. The second-order valence-corrected chi connectivity index (χ2v) is 14.3. The Morgan fingerprint density at radius 2 is 1.66 bits per heavy atom. The van der Waals surface area contributed by atoms with E-state index < -0.39 is 11.7 Å². The van der Waals surface area contributed by atoms with Crippen molar-refractivity contribution in [3.63, 3.8) is 0 Å². The van der Waals surface area contributed by atoms with Crippen LogP contribution in [0.3, 0.4) is 0 Å². The van der Waals surface area contributed by atoms with E-state index in [0.717, 1.165) is 30.9 Å². The molecule has 3 aromatic carbocycles. The lowest BCUT2D eigenvalue weighted by atomic mass is 10.1. The van der Waals surface area contributed by atoms with Gasteiger partial charge in [0.05, 0.1) is 17.1 Å². The van der Waals surface area contributed by atoms with Gasteiger partial charge in [0.2, 0.25) is 0 Å². The third kappa shape index (κ3) is 8.87. The highest BCUT2D eigenvalue weighted by Crippen LogP contribution is 2.37. The topological polar surface area (TPSA) is 118 Å². The van der Waals surface area contributed by atoms with Gasteiger partial charge in [-0.05, 0) is 99.8 Å². The fraction of sp³-hybridized carbons (Fsp3) is 0.250. The van der Waals surface area contributed by atoms with Crippen LogP contribution in [0.1, 0.15) is 75.1 Å². The molecule has 0 aliphatic heterocycles. The summed E-state index contributed by atoms with van der Waals surface area (Å²) >= 11 is 5.10. The molecule has 0 bridgehead atoms. The summed E-state index contributed by atoms with van der Waals surface area (Å²) in [7, 11) is 0. The zero-order valence-corrected chi connectivity index (χ0v) is 29.5. The van der Waals surface area contributed by atoms with Crippen molar-refractivity contribution < 1.29 is 14.3 Å². The van der Waals surface area contributed by atoms with Gasteiger partial charge in [0, 0.05) is 31.2 Å². The first-order valence-corrected chi connectivity index (χ1v) is 16.8. The lowest BCUT2D eigenvalue weighted by Crippen LogP contribution is -2.27. The van der Waals surface area contributed by atoms with E-state index in [9.17, 15) is 9.59 Å². The van der Waals surface area contributed by atoms with Crippen molar-refractivity contribution in [1.29, 1.82) is 0 Å². The number of ether oxygens (including phenoxy) is 1. The summed E-state index contributed by atoms with van der Waals surface area (Å²) in [5.74, 6) is 0.630. The largest absolute Gasteiger partial charge is 0.444 e. The van der Waals surface area contributed by atoms with Crippen LogP contribution in [0.2, 0.25) is 0 Å². The van der Waals surface area contributed by atoms with Crippen LogP contribution in [0, 0.1) is 0 Å². The second-order valence-electron chi connectivity index (χ2n) is 12.3. The van der Waals surface area contributed by atoms with Crippen LogP contribution in [-0.4, -0.2) is 32.6 Å². The Morgan fingerprint density at radius 3 is 2.36 bits per heavy atom. The normalized spacial score (nSPS) is 12.1. The van der Waals surface area contributed by atoms with Gasteiger partial charge in [0.15, 0.2) is 5.65 Å². The Morgan fingerprint density at radius 1 is 0.915 bits per heavy atom. The molecule has 0 saturated carbocycles. The SMILES string of the molecule is CC(C)c1ccc2c(Nc3cc(C(=O)N[C@@H](C)c4ccccc4Br)ccc3Sc3ccc(NC(=O)OC(C)(C)C)cc3)ncnc2n1. The van der Waals surface area contributed by atoms with Crippen molar-refractivity contribution in [2.75, 3.05) is 10.6 Å². The van der Waals surface area contributed by atoms with Gasteiger partial charge in [0.1, 0.15) is 17.7 Å². The number of rotatable bonds is 9. The molecule has 0 aliphatic carbocycles. The highest BCUT2D eigenvalue weighted by atomic mass is 79.9. The Kier molecular flexibility index (Phi) is 10.5. The van der Waals surface area contributed by atoms with Crippen LogP contribution in [-0.2, 0) is 4.74 Å². The first kappa shape index (κ1) is 33.9. The van der Waals surface area contributed by atoms with Gasteiger partial charge >= 0.3 is 6.09 Å². The molecule has 0 unspecified atom stereocenters. The zero-order valence-electron chi connectivity index (χ0n) is 27.1. The number of nitrogens with zero attached hydrogens (tertiary/aromatic N) is 3. The van der Waals surface area contributed by atoms with E-state index in [-0.39, 0.29) is 17.9 Å². The second kappa shape index (κ2) is 14.5. The number of halogens is 1. The Hall–Kier alpha value is -4.48. The Balaban J connectivity index is 1.44. The molecule has 242 valence electrons. The summed E-state index contributed by atoms with van der Waals surface area (Å²) in [5, 5.41) is 10.1. The van der Waals surface area contributed by atoms with E-state index in [1.165, 1.54) is 18.1 Å². The highest BCUT2D eigenvalue weighted by Gasteiger charge is 2.18. The van der Waals surface area contributed by atoms with Gasteiger partial charge in [-0.2, -0.15) is 0 Å². The van der Waals surface area contributed by atoms with E-state index in [4.69, 9.17) is 9.72 Å². The summed E-state index contributed by atoms with van der Waals surface area (Å²) in [5.41, 5.74) is 3.73. The molecule has 0 spiro atoms. The lowest BCUT2D eigenvalue weighted by molar-refractivity contribution is 0.0635. The number of carbonyl (C=O) groups excluding carboxylic acids is 2. The van der Waals surface area contributed by atoms with E-state index in [0.29, 0.717) is 28.4 Å². The van der Waals surface area contributed by atoms with Crippen molar-refractivity contribution in [3.8, 4) is 0 Å². The number of carbonyl (C=O) groups is 2. The summed E-state index contributed by atoms with van der Waals surface area (Å²) in [6.07, 6.45) is 0.972. The minimum Gasteiger partial charge on any atom is -0.444 e. The maximum absolute atomic E-state index is 13.5. The van der Waals surface area contributed by atoms with E-state index in [1.807, 2.05) is 107 Å². The molecular formula is C36H37BrN6O3S. The van der Waals surface area contributed by atoms with Crippen LogP contribution in [0.25, 0.3) is 11.0 Å². The first-order chi connectivity index (χ1) is 22.4. The number of fused-ring (bicyclic) bond motifs is 1. The maximum atomic E-state index is 13.5. The van der Waals surface area contributed by atoms with E-state index in [2.05, 4.69) is 55.7 Å². The molecule has 0 radical (unpaired) electrons. The van der Waals surface area contributed by atoms with Crippen LogP contribution in [0.4, 0.5) is 22.0 Å². The standard InChI is InChI=1S/C36H37BrN6O3S/c1-21(2)29-17-16-27-32(42-29)38-20-39-33(27)43-30-19-23(34(44)40-22(3)26-9-7-8-10-28(26)37)11-18-31(30)47-25-14-12-24(13-15-25)41-35(45)46-36(4,5)6/h7-22H,1-6H3,(H,40,44)(H,41,45)(H,38,39,42,43)/t22-/m0/s1. The van der Waals surface area contributed by atoms with Crippen LogP contribution in [0.5, 0.6) is 0 Å². The summed E-state index contributed by atoms with van der Waals surface area (Å²) < 4.78 is 6.29. The first-order valence-electron chi connectivity index (χ1n) is 15.2. The number of nitrogens with one attached hydrogen (secondary N) is 3. The van der Waals surface area contributed by atoms with Crippen molar-refractivity contribution in [2.45, 2.75) is 68.9 Å². The molecule has 0 fully saturated rings. The Labute approximate surface area is 287 Å². The zero-order chi connectivity index (χ0) is 33.7. The minimum atomic E-state index is -0.593. The van der Waals surface area contributed by atoms with Gasteiger partial charge in [-0.15, -0.1) is 0 Å². The van der Waals surface area contributed by atoms with Gasteiger partial charge in [-0.25, -0.2) is 19.7 Å². The smallest absolute Gasteiger partial charge is 0.412 e. The van der Waals surface area contributed by atoms with Crippen LogP contribution >= 0.6 is 27.7 Å². The molecule has 5 rings (SSSR count). The van der Waals surface area contributed by atoms with Gasteiger partial charge < -0.3 is 15.4 Å². The molecule has 0 saturated heterocycles. The molecule has 2 heterocycles. The molecule has 47 heavy (non-hydrogen) atoms. The molecule has 3 N–H and O–H groups in total. The van der Waals surface area contributed by atoms with Crippen molar-refractivity contribution in [1.82, 2.24) is 20.3 Å². The number of anilines is 3. The molecule has 5 aromatic rings. The predicted molar refractivity (Wildman–Crippen MR) is 192 cm³/mol. The molecule has 2 aromatic heterocycles. The van der Waals surface area contributed by atoms with E-state index >= 15 is 0 Å². The maximum Gasteiger partial charge on any atom is 0.412 e. The number of hydrogen-bond donors (Lipinski definition) is 3. The fourth-order valence-electron chi connectivity index (χ4n) is 4.70. The predicted octanol–water partition coefficient (Wildman–Crippen LogP) is 9.64. The van der Waals surface area contributed by atoms with Crippen molar-refractivity contribution in [3.05, 3.63) is 106 Å². The van der Waals surface area contributed by atoms with E-state index in [1.54, 1.807) is 0 Å². The molecule has 9 nitrogen and oxygen atoms in total. The Bertz CT molecular complexity index is 1910. The van der Waals surface area contributed by atoms with Gasteiger partial charge in [-0.3, -0.25) is 10.1 Å². The minimum absolute atomic E-state index is 0.207. The average molecular weight is 714 g/mol.